The second-order valence-electron chi connectivity index (χ2n) is 3.64. The van der Waals surface area contributed by atoms with Gasteiger partial charge in [0.25, 0.3) is 0 Å². The van der Waals surface area contributed by atoms with Gasteiger partial charge in [0.2, 0.25) is 5.91 Å². The minimum Gasteiger partial charge on any atom is -0.339 e. The van der Waals surface area contributed by atoms with E-state index in [9.17, 15) is 4.79 Å². The number of hydrogen-bond acceptors (Lipinski definition) is 2. The summed E-state index contributed by atoms with van der Waals surface area (Å²) in [5.74, 6) is 1.51. The highest BCUT2D eigenvalue weighted by Gasteiger charge is 2.25. The van der Waals surface area contributed by atoms with Crippen molar-refractivity contribution in [3.8, 4) is 0 Å². The van der Waals surface area contributed by atoms with Gasteiger partial charge < -0.3 is 4.90 Å². The minimum atomic E-state index is -0.239. The van der Waals surface area contributed by atoms with Crippen LogP contribution in [0.25, 0.3) is 0 Å². The van der Waals surface area contributed by atoms with Crippen molar-refractivity contribution < 1.29 is 4.79 Å². The van der Waals surface area contributed by atoms with E-state index in [1.807, 2.05) is 27.2 Å². The fourth-order valence-electron chi connectivity index (χ4n) is 0.784. The molecule has 0 N–H and O–H groups in total. The van der Waals surface area contributed by atoms with Crippen LogP contribution in [0, 0.1) is 0 Å². The summed E-state index contributed by atoms with van der Waals surface area (Å²) in [5.41, 5.74) is -0.239. The lowest BCUT2D eigenvalue weighted by atomic mass is 10.1. The summed E-state index contributed by atoms with van der Waals surface area (Å²) in [7, 11) is 1.81. The van der Waals surface area contributed by atoms with Crippen molar-refractivity contribution in [2.75, 3.05) is 24.9 Å². The standard InChI is InChI=1S/C9H18ClNOS/c1-9(2,7-10)11(3)8(12)5-6-13-4/h5-7H2,1-4H3. The third-order valence-corrected chi connectivity index (χ3v) is 3.40. The fraction of sp³-hybridized carbons (Fsp3) is 0.889. The number of amides is 1. The molecule has 0 atom stereocenters. The molecule has 0 aromatic heterocycles. The van der Waals surface area contributed by atoms with E-state index in [0.717, 1.165) is 5.75 Å². The Morgan fingerprint density at radius 2 is 2.08 bits per heavy atom. The number of carbonyl (C=O) groups is 1. The Kier molecular flexibility index (Phi) is 5.81. The average molecular weight is 224 g/mol. The number of halogens is 1. The van der Waals surface area contributed by atoms with Gasteiger partial charge >= 0.3 is 0 Å². The second kappa shape index (κ2) is 5.76. The van der Waals surface area contributed by atoms with Gasteiger partial charge in [0.1, 0.15) is 0 Å². The SMILES string of the molecule is CSCCC(=O)N(C)C(C)(C)CCl. The predicted molar refractivity (Wildman–Crippen MR) is 60.6 cm³/mol. The van der Waals surface area contributed by atoms with Crippen LogP contribution in [-0.4, -0.2) is 41.3 Å². The van der Waals surface area contributed by atoms with Crippen LogP contribution < -0.4 is 0 Å². The zero-order chi connectivity index (χ0) is 10.5. The van der Waals surface area contributed by atoms with E-state index in [2.05, 4.69) is 0 Å². The van der Waals surface area contributed by atoms with E-state index in [-0.39, 0.29) is 11.4 Å². The van der Waals surface area contributed by atoms with E-state index in [4.69, 9.17) is 11.6 Å². The van der Waals surface area contributed by atoms with Crippen molar-refractivity contribution in [3.05, 3.63) is 0 Å². The van der Waals surface area contributed by atoms with Crippen LogP contribution in [0.2, 0.25) is 0 Å². The zero-order valence-electron chi connectivity index (χ0n) is 8.76. The van der Waals surface area contributed by atoms with Gasteiger partial charge in [-0.2, -0.15) is 11.8 Å². The van der Waals surface area contributed by atoms with E-state index in [1.165, 1.54) is 0 Å². The summed E-state index contributed by atoms with van der Waals surface area (Å²) >= 11 is 7.45. The van der Waals surface area contributed by atoms with E-state index >= 15 is 0 Å². The molecule has 0 aliphatic heterocycles. The Morgan fingerprint density at radius 1 is 1.54 bits per heavy atom. The highest BCUT2D eigenvalue weighted by atomic mass is 35.5. The van der Waals surface area contributed by atoms with Crippen LogP contribution in [0.15, 0.2) is 0 Å². The number of alkyl halides is 1. The summed E-state index contributed by atoms with van der Waals surface area (Å²) in [6.45, 7) is 3.94. The molecule has 0 aliphatic rings. The van der Waals surface area contributed by atoms with Crippen LogP contribution in [0.3, 0.4) is 0 Å². The first-order valence-electron chi connectivity index (χ1n) is 4.27. The van der Waals surface area contributed by atoms with Crippen molar-refractivity contribution in [1.29, 1.82) is 0 Å². The molecule has 0 aromatic rings. The van der Waals surface area contributed by atoms with Crippen LogP contribution in [0.1, 0.15) is 20.3 Å². The van der Waals surface area contributed by atoms with Gasteiger partial charge in [0.15, 0.2) is 0 Å². The first-order valence-corrected chi connectivity index (χ1v) is 6.20. The summed E-state index contributed by atoms with van der Waals surface area (Å²) < 4.78 is 0. The van der Waals surface area contributed by atoms with Gasteiger partial charge in [-0.1, -0.05) is 0 Å². The first kappa shape index (κ1) is 13.1. The lowest BCUT2D eigenvalue weighted by Gasteiger charge is -2.33. The molecule has 2 nitrogen and oxygen atoms in total. The van der Waals surface area contributed by atoms with E-state index in [1.54, 1.807) is 16.7 Å². The topological polar surface area (TPSA) is 20.3 Å². The highest BCUT2D eigenvalue weighted by Crippen LogP contribution is 2.15. The molecule has 13 heavy (non-hydrogen) atoms. The molecule has 0 saturated heterocycles. The summed E-state index contributed by atoms with van der Waals surface area (Å²) in [6, 6.07) is 0. The smallest absolute Gasteiger partial charge is 0.223 e. The Bertz CT molecular complexity index is 173. The molecule has 4 heteroatoms. The maximum Gasteiger partial charge on any atom is 0.223 e. The molecule has 0 rings (SSSR count). The van der Waals surface area contributed by atoms with Crippen molar-refractivity contribution in [3.63, 3.8) is 0 Å². The Morgan fingerprint density at radius 3 is 2.46 bits per heavy atom. The third-order valence-electron chi connectivity index (χ3n) is 2.13. The molecule has 0 aromatic carbocycles. The van der Waals surface area contributed by atoms with Gasteiger partial charge in [-0.25, -0.2) is 0 Å². The number of thioether (sulfide) groups is 1. The first-order chi connectivity index (χ1) is 5.95. The lowest BCUT2D eigenvalue weighted by molar-refractivity contribution is -0.133. The fourth-order valence-corrected chi connectivity index (χ4v) is 1.34. The molecule has 0 spiro atoms. The number of carbonyl (C=O) groups excluding carboxylic acids is 1. The Labute approximate surface area is 90.0 Å². The van der Waals surface area contributed by atoms with Crippen molar-refractivity contribution >= 4 is 29.3 Å². The third kappa shape index (κ3) is 4.23. The van der Waals surface area contributed by atoms with Crippen LogP contribution in [-0.2, 0) is 4.79 Å². The molecular formula is C9H18ClNOS. The molecule has 0 radical (unpaired) electrons. The van der Waals surface area contributed by atoms with E-state index in [0.29, 0.717) is 12.3 Å². The number of rotatable bonds is 5. The zero-order valence-corrected chi connectivity index (χ0v) is 10.3. The van der Waals surface area contributed by atoms with Crippen LogP contribution in [0.4, 0.5) is 0 Å². The Hall–Kier alpha value is 0.110. The predicted octanol–water partition coefficient (Wildman–Crippen LogP) is 2.22. The van der Waals surface area contributed by atoms with Crippen molar-refractivity contribution in [2.24, 2.45) is 0 Å². The Balaban J connectivity index is 4.09. The monoisotopic (exact) mass is 223 g/mol. The van der Waals surface area contributed by atoms with Crippen molar-refractivity contribution in [2.45, 2.75) is 25.8 Å². The quantitative estimate of drug-likeness (QED) is 0.667. The molecular weight excluding hydrogens is 206 g/mol. The molecule has 0 unspecified atom stereocenters. The normalized spacial score (nSPS) is 11.5. The summed E-state index contributed by atoms with van der Waals surface area (Å²) in [5, 5.41) is 0. The highest BCUT2D eigenvalue weighted by molar-refractivity contribution is 7.98. The maximum absolute atomic E-state index is 11.6. The average Bonchev–Trinajstić information content (AvgIpc) is 2.12. The van der Waals surface area contributed by atoms with Gasteiger partial charge in [-0.3, -0.25) is 4.79 Å². The van der Waals surface area contributed by atoms with Crippen LogP contribution in [0.5, 0.6) is 0 Å². The maximum atomic E-state index is 11.6. The lowest BCUT2D eigenvalue weighted by Crippen LogP contribution is -2.46. The van der Waals surface area contributed by atoms with Crippen molar-refractivity contribution in [1.82, 2.24) is 4.90 Å². The molecule has 78 valence electrons. The van der Waals surface area contributed by atoms with Crippen LogP contribution >= 0.6 is 23.4 Å². The number of nitrogens with zero attached hydrogens (tertiary/aromatic N) is 1. The minimum absolute atomic E-state index is 0.167. The molecule has 0 fully saturated rings. The second-order valence-corrected chi connectivity index (χ2v) is 4.89. The van der Waals surface area contributed by atoms with Gasteiger partial charge in [-0.05, 0) is 20.1 Å². The largest absolute Gasteiger partial charge is 0.339 e. The summed E-state index contributed by atoms with van der Waals surface area (Å²) in [6.07, 6.45) is 2.60. The van der Waals surface area contributed by atoms with Gasteiger partial charge in [-0.15, -0.1) is 11.6 Å². The summed E-state index contributed by atoms with van der Waals surface area (Å²) in [4.78, 5) is 13.3. The molecule has 0 saturated carbocycles. The molecule has 0 heterocycles. The van der Waals surface area contributed by atoms with Gasteiger partial charge in [0.05, 0.1) is 5.54 Å². The number of hydrogen-bond donors (Lipinski definition) is 0. The molecule has 0 bridgehead atoms. The molecule has 1 amide bonds. The van der Waals surface area contributed by atoms with Gasteiger partial charge in [0, 0.05) is 25.1 Å². The molecule has 0 aliphatic carbocycles. The van der Waals surface area contributed by atoms with E-state index < -0.39 is 0 Å².